The van der Waals surface area contributed by atoms with Crippen molar-refractivity contribution >= 4 is 17.5 Å². The van der Waals surface area contributed by atoms with Gasteiger partial charge in [-0.05, 0) is 25.5 Å². The fraction of sp³-hybridized carbons (Fsp3) is 0.286. The third-order valence-corrected chi connectivity index (χ3v) is 2.67. The summed E-state index contributed by atoms with van der Waals surface area (Å²) in [5.74, 6) is 0.912. The zero-order valence-electron chi connectivity index (χ0n) is 11.6. The second-order valence-corrected chi connectivity index (χ2v) is 4.16. The van der Waals surface area contributed by atoms with Gasteiger partial charge in [0, 0.05) is 30.2 Å². The summed E-state index contributed by atoms with van der Waals surface area (Å²) in [6.45, 7) is 4.74. The smallest absolute Gasteiger partial charge is 0.257 e. The van der Waals surface area contributed by atoms with Gasteiger partial charge in [-0.1, -0.05) is 6.92 Å². The van der Waals surface area contributed by atoms with E-state index in [1.54, 1.807) is 18.3 Å². The highest BCUT2D eigenvalue weighted by molar-refractivity contribution is 6.04. The van der Waals surface area contributed by atoms with Crippen LogP contribution in [0.3, 0.4) is 0 Å². The molecule has 0 fully saturated rings. The molecule has 2 heterocycles. The molecule has 2 N–H and O–H groups in total. The number of carbonyl (C=O) groups is 1. The van der Waals surface area contributed by atoms with Crippen molar-refractivity contribution in [3.8, 4) is 0 Å². The fourth-order valence-electron chi connectivity index (χ4n) is 1.72. The van der Waals surface area contributed by atoms with Crippen LogP contribution in [0.15, 0.2) is 30.7 Å². The molecule has 0 aromatic carbocycles. The SMILES string of the molecule is CCNc1cc(C(=O)Nc2cnccn2)cc(CC)n1. The van der Waals surface area contributed by atoms with E-state index in [-0.39, 0.29) is 5.91 Å². The van der Waals surface area contributed by atoms with Crippen molar-refractivity contribution in [1.29, 1.82) is 0 Å². The molecule has 1 amide bonds. The molecule has 0 spiro atoms. The van der Waals surface area contributed by atoms with Crippen LogP contribution in [0, 0.1) is 0 Å². The molecule has 0 aliphatic carbocycles. The molecule has 104 valence electrons. The average Bonchev–Trinajstić information content (AvgIpc) is 2.48. The molecule has 0 aliphatic heterocycles. The van der Waals surface area contributed by atoms with Gasteiger partial charge in [-0.2, -0.15) is 0 Å². The molecular weight excluding hydrogens is 254 g/mol. The van der Waals surface area contributed by atoms with Gasteiger partial charge < -0.3 is 10.6 Å². The number of pyridine rings is 1. The molecule has 6 heteroatoms. The van der Waals surface area contributed by atoms with Gasteiger partial charge in [0.15, 0.2) is 5.82 Å². The van der Waals surface area contributed by atoms with Crippen molar-refractivity contribution in [1.82, 2.24) is 15.0 Å². The lowest BCUT2D eigenvalue weighted by atomic mass is 10.2. The van der Waals surface area contributed by atoms with Crippen molar-refractivity contribution in [2.24, 2.45) is 0 Å². The molecule has 6 nitrogen and oxygen atoms in total. The van der Waals surface area contributed by atoms with E-state index in [1.165, 1.54) is 12.4 Å². The maximum atomic E-state index is 12.2. The third kappa shape index (κ3) is 3.50. The predicted octanol–water partition coefficient (Wildman–Crippen LogP) is 2.12. The van der Waals surface area contributed by atoms with E-state index < -0.39 is 0 Å². The first kappa shape index (κ1) is 13.9. The summed E-state index contributed by atoms with van der Waals surface area (Å²) >= 11 is 0. The lowest BCUT2D eigenvalue weighted by Crippen LogP contribution is -2.14. The average molecular weight is 271 g/mol. The van der Waals surface area contributed by atoms with Crippen LogP contribution in [0.2, 0.25) is 0 Å². The fourth-order valence-corrected chi connectivity index (χ4v) is 1.72. The molecule has 2 aromatic rings. The summed E-state index contributed by atoms with van der Waals surface area (Å²) in [5.41, 5.74) is 1.42. The molecule has 0 radical (unpaired) electrons. The Labute approximate surface area is 117 Å². The molecule has 20 heavy (non-hydrogen) atoms. The summed E-state index contributed by atoms with van der Waals surface area (Å²) in [7, 11) is 0. The van der Waals surface area contributed by atoms with Crippen LogP contribution in [0.25, 0.3) is 0 Å². The lowest BCUT2D eigenvalue weighted by molar-refractivity contribution is 0.102. The number of carbonyl (C=O) groups excluding carboxylic acids is 1. The summed E-state index contributed by atoms with van der Waals surface area (Å²) in [6.07, 6.45) is 5.36. The quantitative estimate of drug-likeness (QED) is 0.870. The first-order valence-electron chi connectivity index (χ1n) is 6.55. The van der Waals surface area contributed by atoms with E-state index in [2.05, 4.69) is 25.6 Å². The normalized spacial score (nSPS) is 10.1. The van der Waals surface area contributed by atoms with E-state index >= 15 is 0 Å². The van der Waals surface area contributed by atoms with Crippen LogP contribution in [-0.2, 0) is 6.42 Å². The van der Waals surface area contributed by atoms with Crippen molar-refractivity contribution < 1.29 is 4.79 Å². The van der Waals surface area contributed by atoms with Crippen molar-refractivity contribution in [3.63, 3.8) is 0 Å². The Morgan fingerprint density at radius 3 is 2.70 bits per heavy atom. The number of anilines is 2. The van der Waals surface area contributed by atoms with Crippen molar-refractivity contribution in [2.45, 2.75) is 20.3 Å². The van der Waals surface area contributed by atoms with Gasteiger partial charge in [0.1, 0.15) is 5.82 Å². The third-order valence-electron chi connectivity index (χ3n) is 2.67. The van der Waals surface area contributed by atoms with E-state index in [1.807, 2.05) is 13.8 Å². The van der Waals surface area contributed by atoms with Gasteiger partial charge in [0.2, 0.25) is 0 Å². The number of aromatic nitrogens is 3. The number of aryl methyl sites for hydroxylation is 1. The van der Waals surface area contributed by atoms with E-state index in [9.17, 15) is 4.79 Å². The maximum Gasteiger partial charge on any atom is 0.257 e. The second kappa shape index (κ2) is 6.60. The number of nitrogens with zero attached hydrogens (tertiary/aromatic N) is 3. The van der Waals surface area contributed by atoms with Gasteiger partial charge >= 0.3 is 0 Å². The monoisotopic (exact) mass is 271 g/mol. The van der Waals surface area contributed by atoms with Gasteiger partial charge in [-0.3, -0.25) is 9.78 Å². The Balaban J connectivity index is 2.22. The molecule has 2 aromatic heterocycles. The zero-order chi connectivity index (χ0) is 14.4. The number of hydrogen-bond acceptors (Lipinski definition) is 5. The molecule has 2 rings (SSSR count). The molecule has 0 saturated carbocycles. The lowest BCUT2D eigenvalue weighted by Gasteiger charge is -2.09. The molecule has 0 aliphatic rings. The Kier molecular flexibility index (Phi) is 4.60. The molecule has 0 saturated heterocycles. The van der Waals surface area contributed by atoms with Crippen molar-refractivity contribution in [3.05, 3.63) is 42.0 Å². The Hall–Kier alpha value is -2.50. The number of amides is 1. The highest BCUT2D eigenvalue weighted by atomic mass is 16.1. The van der Waals surface area contributed by atoms with Crippen LogP contribution in [0.4, 0.5) is 11.6 Å². The Morgan fingerprint density at radius 2 is 2.05 bits per heavy atom. The zero-order valence-corrected chi connectivity index (χ0v) is 11.6. The highest BCUT2D eigenvalue weighted by Gasteiger charge is 2.10. The minimum absolute atomic E-state index is 0.221. The van der Waals surface area contributed by atoms with Gasteiger partial charge in [-0.25, -0.2) is 9.97 Å². The summed E-state index contributed by atoms with van der Waals surface area (Å²) in [5, 5.41) is 5.83. The topological polar surface area (TPSA) is 79.8 Å². The highest BCUT2D eigenvalue weighted by Crippen LogP contribution is 2.13. The standard InChI is InChI=1S/C14H17N5O/c1-3-11-7-10(8-12(18-11)16-4-2)14(20)19-13-9-15-5-6-17-13/h5-9H,3-4H2,1-2H3,(H,16,18)(H,17,19,20). The Bertz CT molecular complexity index is 585. The van der Waals surface area contributed by atoms with Crippen LogP contribution in [0.1, 0.15) is 29.9 Å². The number of hydrogen-bond donors (Lipinski definition) is 2. The van der Waals surface area contributed by atoms with Crippen LogP contribution in [0.5, 0.6) is 0 Å². The summed E-state index contributed by atoms with van der Waals surface area (Å²) < 4.78 is 0. The van der Waals surface area contributed by atoms with E-state index in [0.29, 0.717) is 17.2 Å². The minimum Gasteiger partial charge on any atom is -0.370 e. The second-order valence-electron chi connectivity index (χ2n) is 4.16. The van der Waals surface area contributed by atoms with E-state index in [0.717, 1.165) is 18.7 Å². The molecule has 0 atom stereocenters. The Morgan fingerprint density at radius 1 is 1.20 bits per heavy atom. The maximum absolute atomic E-state index is 12.2. The van der Waals surface area contributed by atoms with Gasteiger partial charge in [0.05, 0.1) is 6.20 Å². The predicted molar refractivity (Wildman–Crippen MR) is 77.8 cm³/mol. The van der Waals surface area contributed by atoms with Crippen molar-refractivity contribution in [2.75, 3.05) is 17.2 Å². The first-order valence-corrected chi connectivity index (χ1v) is 6.55. The summed E-state index contributed by atoms with van der Waals surface area (Å²) in [6, 6.07) is 3.51. The van der Waals surface area contributed by atoms with Crippen LogP contribution < -0.4 is 10.6 Å². The molecule has 0 unspecified atom stereocenters. The van der Waals surface area contributed by atoms with Gasteiger partial charge in [0.25, 0.3) is 5.91 Å². The first-order chi connectivity index (χ1) is 9.72. The summed E-state index contributed by atoms with van der Waals surface area (Å²) in [4.78, 5) is 24.5. The molecule has 0 bridgehead atoms. The molecular formula is C14H17N5O. The van der Waals surface area contributed by atoms with E-state index in [4.69, 9.17) is 0 Å². The number of rotatable bonds is 5. The minimum atomic E-state index is -0.221. The largest absolute Gasteiger partial charge is 0.370 e. The van der Waals surface area contributed by atoms with Crippen LogP contribution >= 0.6 is 0 Å². The van der Waals surface area contributed by atoms with Gasteiger partial charge in [-0.15, -0.1) is 0 Å². The van der Waals surface area contributed by atoms with Crippen LogP contribution in [-0.4, -0.2) is 27.4 Å². The number of nitrogens with one attached hydrogen (secondary N) is 2.